The fourth-order valence-electron chi connectivity index (χ4n) is 1.17. The molecular formula is C10H8ClNO2. The summed E-state index contributed by atoms with van der Waals surface area (Å²) in [6.07, 6.45) is 0.708. The molecule has 0 aliphatic rings. The zero-order valence-electron chi connectivity index (χ0n) is 7.33. The van der Waals surface area contributed by atoms with Gasteiger partial charge in [0.2, 0.25) is 0 Å². The number of benzene rings is 1. The molecule has 1 N–H and O–H groups in total. The number of rotatable bonds is 3. The van der Waals surface area contributed by atoms with Crippen LogP contribution in [0.15, 0.2) is 18.2 Å². The molecule has 0 saturated carbocycles. The molecule has 0 fully saturated rings. The Bertz CT molecular complexity index is 396. The summed E-state index contributed by atoms with van der Waals surface area (Å²) in [5.74, 6) is -0.991. The van der Waals surface area contributed by atoms with E-state index >= 15 is 0 Å². The fourth-order valence-corrected chi connectivity index (χ4v) is 1.36. The second-order valence-corrected chi connectivity index (χ2v) is 3.20. The van der Waals surface area contributed by atoms with Gasteiger partial charge in [-0.15, -0.1) is 0 Å². The molecule has 0 bridgehead atoms. The molecule has 0 aliphatic carbocycles. The van der Waals surface area contributed by atoms with E-state index in [1.807, 2.05) is 6.07 Å². The number of aryl methyl sites for hydroxylation is 1. The highest BCUT2D eigenvalue weighted by Gasteiger charge is 2.09. The van der Waals surface area contributed by atoms with E-state index in [0.717, 1.165) is 0 Å². The number of hydrogen-bond donors (Lipinski definition) is 1. The molecular weight excluding hydrogens is 202 g/mol. The van der Waals surface area contributed by atoms with Gasteiger partial charge in [0.05, 0.1) is 11.6 Å². The van der Waals surface area contributed by atoms with Crippen LogP contribution in [0.25, 0.3) is 0 Å². The summed E-state index contributed by atoms with van der Waals surface area (Å²) in [5, 5.41) is 17.7. The standard InChI is InChI=1S/C10H8ClNO2/c11-8-3-4-9(10(13)14)7(6-8)2-1-5-12/h3-4,6H,1-2H2,(H,13,14). The predicted molar refractivity (Wildman–Crippen MR) is 52.3 cm³/mol. The Hall–Kier alpha value is -1.53. The van der Waals surface area contributed by atoms with E-state index in [1.165, 1.54) is 12.1 Å². The van der Waals surface area contributed by atoms with Gasteiger partial charge >= 0.3 is 5.97 Å². The molecule has 0 aliphatic heterocycles. The lowest BCUT2D eigenvalue weighted by molar-refractivity contribution is 0.0695. The van der Waals surface area contributed by atoms with Crippen molar-refractivity contribution in [2.24, 2.45) is 0 Å². The number of carbonyl (C=O) groups is 1. The molecule has 0 unspecified atom stereocenters. The number of nitrogens with zero attached hydrogens (tertiary/aromatic N) is 1. The highest BCUT2D eigenvalue weighted by atomic mass is 35.5. The molecule has 72 valence electrons. The van der Waals surface area contributed by atoms with E-state index in [2.05, 4.69) is 0 Å². The second-order valence-electron chi connectivity index (χ2n) is 2.76. The maximum Gasteiger partial charge on any atom is 0.335 e. The Kier molecular flexibility index (Phi) is 3.49. The molecule has 0 atom stereocenters. The van der Waals surface area contributed by atoms with Crippen LogP contribution < -0.4 is 0 Å². The molecule has 1 aromatic rings. The van der Waals surface area contributed by atoms with Crippen LogP contribution in [0.3, 0.4) is 0 Å². The highest BCUT2D eigenvalue weighted by molar-refractivity contribution is 6.30. The minimum absolute atomic E-state index is 0.213. The van der Waals surface area contributed by atoms with Crippen molar-refractivity contribution in [3.05, 3.63) is 34.3 Å². The minimum atomic E-state index is -0.991. The van der Waals surface area contributed by atoms with Gasteiger partial charge in [0.1, 0.15) is 0 Å². The Labute approximate surface area is 86.5 Å². The van der Waals surface area contributed by atoms with Gasteiger partial charge in [0.25, 0.3) is 0 Å². The first-order valence-corrected chi connectivity index (χ1v) is 4.41. The van der Waals surface area contributed by atoms with E-state index in [1.54, 1.807) is 6.07 Å². The van der Waals surface area contributed by atoms with Crippen LogP contribution in [0.1, 0.15) is 22.3 Å². The Morgan fingerprint density at radius 3 is 2.86 bits per heavy atom. The highest BCUT2D eigenvalue weighted by Crippen LogP contribution is 2.17. The van der Waals surface area contributed by atoms with E-state index in [0.29, 0.717) is 23.4 Å². The van der Waals surface area contributed by atoms with Gasteiger partial charge < -0.3 is 5.11 Å². The quantitative estimate of drug-likeness (QED) is 0.832. The van der Waals surface area contributed by atoms with Crippen molar-refractivity contribution in [1.82, 2.24) is 0 Å². The third-order valence-electron chi connectivity index (χ3n) is 1.80. The van der Waals surface area contributed by atoms with Crippen molar-refractivity contribution >= 4 is 17.6 Å². The van der Waals surface area contributed by atoms with Crippen LogP contribution in [0, 0.1) is 11.3 Å². The molecule has 1 aromatic carbocycles. The van der Waals surface area contributed by atoms with Crippen molar-refractivity contribution in [1.29, 1.82) is 5.26 Å². The molecule has 14 heavy (non-hydrogen) atoms. The van der Waals surface area contributed by atoms with Crippen molar-refractivity contribution in [3.63, 3.8) is 0 Å². The van der Waals surface area contributed by atoms with Crippen molar-refractivity contribution < 1.29 is 9.90 Å². The molecule has 0 heterocycles. The summed E-state index contributed by atoms with van der Waals surface area (Å²) >= 11 is 5.72. The lowest BCUT2D eigenvalue weighted by Gasteiger charge is -2.03. The van der Waals surface area contributed by atoms with Crippen LogP contribution in [0.2, 0.25) is 5.02 Å². The monoisotopic (exact) mass is 209 g/mol. The van der Waals surface area contributed by atoms with Crippen LogP contribution in [-0.2, 0) is 6.42 Å². The van der Waals surface area contributed by atoms with E-state index < -0.39 is 5.97 Å². The van der Waals surface area contributed by atoms with E-state index in [-0.39, 0.29) is 5.56 Å². The molecule has 4 heteroatoms. The largest absolute Gasteiger partial charge is 0.478 e. The number of carboxylic acid groups (broad SMARTS) is 1. The number of aromatic carboxylic acids is 1. The van der Waals surface area contributed by atoms with Gasteiger partial charge in [-0.2, -0.15) is 5.26 Å². The van der Waals surface area contributed by atoms with Gasteiger partial charge in [-0.05, 0) is 30.2 Å². The summed E-state index contributed by atoms with van der Waals surface area (Å²) < 4.78 is 0. The van der Waals surface area contributed by atoms with Crippen molar-refractivity contribution in [3.8, 4) is 6.07 Å². The third kappa shape index (κ3) is 2.48. The molecule has 0 radical (unpaired) electrons. The van der Waals surface area contributed by atoms with Gasteiger partial charge in [-0.3, -0.25) is 0 Å². The minimum Gasteiger partial charge on any atom is -0.478 e. The summed E-state index contributed by atoms with van der Waals surface area (Å²) in [5.41, 5.74) is 0.816. The average Bonchev–Trinajstić information content (AvgIpc) is 2.14. The molecule has 0 amide bonds. The third-order valence-corrected chi connectivity index (χ3v) is 2.04. The van der Waals surface area contributed by atoms with Crippen molar-refractivity contribution in [2.45, 2.75) is 12.8 Å². The van der Waals surface area contributed by atoms with E-state index in [9.17, 15) is 4.79 Å². The Morgan fingerprint density at radius 1 is 1.57 bits per heavy atom. The lowest BCUT2D eigenvalue weighted by Crippen LogP contribution is -2.02. The first-order valence-electron chi connectivity index (χ1n) is 4.04. The van der Waals surface area contributed by atoms with Gasteiger partial charge in [-0.1, -0.05) is 11.6 Å². The van der Waals surface area contributed by atoms with Crippen LogP contribution in [-0.4, -0.2) is 11.1 Å². The number of hydrogen-bond acceptors (Lipinski definition) is 2. The zero-order chi connectivity index (χ0) is 10.6. The summed E-state index contributed by atoms with van der Waals surface area (Å²) in [6, 6.07) is 6.54. The maximum atomic E-state index is 10.8. The topological polar surface area (TPSA) is 61.1 Å². The molecule has 1 rings (SSSR count). The van der Waals surface area contributed by atoms with Gasteiger partial charge in [0, 0.05) is 11.4 Å². The molecule has 0 aromatic heterocycles. The van der Waals surface area contributed by atoms with Crippen LogP contribution >= 0.6 is 11.6 Å². The SMILES string of the molecule is N#CCCc1cc(Cl)ccc1C(=O)O. The number of halogens is 1. The number of carboxylic acids is 1. The summed E-state index contributed by atoms with van der Waals surface area (Å²) in [6.45, 7) is 0. The fraction of sp³-hybridized carbons (Fsp3) is 0.200. The molecule has 0 saturated heterocycles. The van der Waals surface area contributed by atoms with Gasteiger partial charge in [-0.25, -0.2) is 4.79 Å². The summed E-state index contributed by atoms with van der Waals surface area (Å²) in [7, 11) is 0. The lowest BCUT2D eigenvalue weighted by atomic mass is 10.0. The number of nitriles is 1. The van der Waals surface area contributed by atoms with Gasteiger partial charge in [0.15, 0.2) is 0 Å². The first kappa shape index (κ1) is 10.6. The van der Waals surface area contributed by atoms with Crippen LogP contribution in [0.5, 0.6) is 0 Å². The first-order chi connectivity index (χ1) is 6.65. The smallest absolute Gasteiger partial charge is 0.335 e. The predicted octanol–water partition coefficient (Wildman–Crippen LogP) is 2.49. The van der Waals surface area contributed by atoms with E-state index in [4.69, 9.17) is 22.0 Å². The van der Waals surface area contributed by atoms with Crippen LogP contribution in [0.4, 0.5) is 0 Å². The Morgan fingerprint density at radius 2 is 2.29 bits per heavy atom. The Balaban J connectivity index is 3.04. The molecule has 0 spiro atoms. The normalized spacial score (nSPS) is 9.43. The van der Waals surface area contributed by atoms with Crippen molar-refractivity contribution in [2.75, 3.05) is 0 Å². The second kappa shape index (κ2) is 4.64. The maximum absolute atomic E-state index is 10.8. The summed E-state index contributed by atoms with van der Waals surface area (Å²) in [4.78, 5) is 10.8. The zero-order valence-corrected chi connectivity index (χ0v) is 8.08. The average molecular weight is 210 g/mol. The molecule has 3 nitrogen and oxygen atoms in total.